The van der Waals surface area contributed by atoms with E-state index in [1.165, 1.54) is 0 Å². The molecule has 1 heterocycles. The molecule has 0 radical (unpaired) electrons. The third kappa shape index (κ3) is 4.18. The highest BCUT2D eigenvalue weighted by Gasteiger charge is 2.13. The lowest BCUT2D eigenvalue weighted by molar-refractivity contribution is -0.122. The van der Waals surface area contributed by atoms with Crippen LogP contribution in [0.3, 0.4) is 0 Å². The van der Waals surface area contributed by atoms with Crippen LogP contribution in [0.5, 0.6) is 0 Å². The van der Waals surface area contributed by atoms with E-state index in [0.29, 0.717) is 5.82 Å². The van der Waals surface area contributed by atoms with E-state index in [2.05, 4.69) is 31.5 Å². The fourth-order valence-corrected chi connectivity index (χ4v) is 1.53. The van der Waals surface area contributed by atoms with Crippen LogP contribution in [0.4, 0.5) is 5.82 Å². The van der Waals surface area contributed by atoms with E-state index in [0.717, 1.165) is 4.60 Å². The standard InChI is InChI=1S/C11H16BrN3O/c1-7(2)13-11(16)8(3)14-10-6-4-5-9(12)15-10/h4-8H,1-3H3,(H,13,16)(H,14,15). The smallest absolute Gasteiger partial charge is 0.242 e. The molecule has 0 aliphatic carbocycles. The zero-order valence-electron chi connectivity index (χ0n) is 9.62. The number of halogens is 1. The molecule has 4 nitrogen and oxygen atoms in total. The first-order valence-corrected chi connectivity index (χ1v) is 5.98. The van der Waals surface area contributed by atoms with E-state index in [1.54, 1.807) is 6.92 Å². The van der Waals surface area contributed by atoms with Crippen molar-refractivity contribution in [3.8, 4) is 0 Å². The normalized spacial score (nSPS) is 12.3. The van der Waals surface area contributed by atoms with Crippen molar-refractivity contribution in [1.29, 1.82) is 0 Å². The molecule has 0 aliphatic heterocycles. The number of pyridine rings is 1. The van der Waals surface area contributed by atoms with Crippen molar-refractivity contribution in [3.05, 3.63) is 22.8 Å². The molecule has 1 atom stereocenters. The van der Waals surface area contributed by atoms with Crippen molar-refractivity contribution in [1.82, 2.24) is 10.3 Å². The van der Waals surface area contributed by atoms with Gasteiger partial charge >= 0.3 is 0 Å². The lowest BCUT2D eigenvalue weighted by Gasteiger charge is -2.16. The van der Waals surface area contributed by atoms with Crippen LogP contribution in [0.2, 0.25) is 0 Å². The fourth-order valence-electron chi connectivity index (χ4n) is 1.19. The molecule has 5 heteroatoms. The first kappa shape index (κ1) is 13.0. The first-order chi connectivity index (χ1) is 7.49. The second kappa shape index (κ2) is 5.84. The number of nitrogens with one attached hydrogen (secondary N) is 2. The molecule has 1 unspecified atom stereocenters. The Kier molecular flexibility index (Phi) is 4.73. The van der Waals surface area contributed by atoms with E-state index in [-0.39, 0.29) is 18.0 Å². The van der Waals surface area contributed by atoms with Crippen LogP contribution in [-0.2, 0) is 4.79 Å². The van der Waals surface area contributed by atoms with Gasteiger partial charge in [-0.15, -0.1) is 0 Å². The Morgan fingerprint density at radius 3 is 2.62 bits per heavy atom. The lowest BCUT2D eigenvalue weighted by atomic mass is 10.3. The Morgan fingerprint density at radius 1 is 1.38 bits per heavy atom. The monoisotopic (exact) mass is 285 g/mol. The van der Waals surface area contributed by atoms with Gasteiger partial charge in [-0.25, -0.2) is 4.98 Å². The maximum atomic E-state index is 11.6. The van der Waals surface area contributed by atoms with Gasteiger partial charge in [-0.2, -0.15) is 0 Å². The lowest BCUT2D eigenvalue weighted by Crippen LogP contribution is -2.41. The highest BCUT2D eigenvalue weighted by atomic mass is 79.9. The molecule has 16 heavy (non-hydrogen) atoms. The molecular formula is C11H16BrN3O. The van der Waals surface area contributed by atoms with Crippen molar-refractivity contribution >= 4 is 27.7 Å². The van der Waals surface area contributed by atoms with Gasteiger partial charge in [0, 0.05) is 6.04 Å². The Bertz CT molecular complexity index is 368. The summed E-state index contributed by atoms with van der Waals surface area (Å²) < 4.78 is 0.744. The number of carbonyl (C=O) groups excluding carboxylic acids is 1. The summed E-state index contributed by atoms with van der Waals surface area (Å²) in [5, 5.41) is 5.87. The Balaban J connectivity index is 2.57. The van der Waals surface area contributed by atoms with Gasteiger partial charge in [0.1, 0.15) is 16.5 Å². The second-order valence-electron chi connectivity index (χ2n) is 3.87. The highest BCUT2D eigenvalue weighted by Crippen LogP contribution is 2.10. The van der Waals surface area contributed by atoms with Gasteiger partial charge in [0.25, 0.3) is 0 Å². The van der Waals surface area contributed by atoms with Crippen molar-refractivity contribution < 1.29 is 4.79 Å². The SMILES string of the molecule is CC(C)NC(=O)C(C)Nc1cccc(Br)n1. The van der Waals surface area contributed by atoms with E-state index >= 15 is 0 Å². The van der Waals surface area contributed by atoms with Gasteiger partial charge in [-0.3, -0.25) is 4.79 Å². The zero-order chi connectivity index (χ0) is 12.1. The molecule has 88 valence electrons. The minimum absolute atomic E-state index is 0.0308. The number of amides is 1. The number of rotatable bonds is 4. The summed E-state index contributed by atoms with van der Waals surface area (Å²) >= 11 is 3.28. The first-order valence-electron chi connectivity index (χ1n) is 5.18. The van der Waals surface area contributed by atoms with Crippen molar-refractivity contribution in [2.75, 3.05) is 5.32 Å². The largest absolute Gasteiger partial charge is 0.359 e. The van der Waals surface area contributed by atoms with Crippen LogP contribution in [0.15, 0.2) is 22.8 Å². The molecule has 1 aromatic heterocycles. The predicted molar refractivity (Wildman–Crippen MR) is 68.3 cm³/mol. The van der Waals surface area contributed by atoms with Crippen molar-refractivity contribution in [3.63, 3.8) is 0 Å². The summed E-state index contributed by atoms with van der Waals surface area (Å²) in [6, 6.07) is 5.37. The Morgan fingerprint density at radius 2 is 2.06 bits per heavy atom. The molecule has 0 aliphatic rings. The van der Waals surface area contributed by atoms with Crippen LogP contribution in [0.25, 0.3) is 0 Å². The van der Waals surface area contributed by atoms with Crippen molar-refractivity contribution in [2.24, 2.45) is 0 Å². The summed E-state index contributed by atoms with van der Waals surface area (Å²) in [4.78, 5) is 15.8. The van der Waals surface area contributed by atoms with Gasteiger partial charge in [-0.1, -0.05) is 6.07 Å². The molecule has 1 aromatic rings. The molecule has 0 aromatic carbocycles. The number of carbonyl (C=O) groups is 1. The second-order valence-corrected chi connectivity index (χ2v) is 4.69. The van der Waals surface area contributed by atoms with Gasteiger partial charge in [-0.05, 0) is 48.8 Å². The number of anilines is 1. The molecule has 2 N–H and O–H groups in total. The zero-order valence-corrected chi connectivity index (χ0v) is 11.2. The van der Waals surface area contributed by atoms with E-state index in [1.807, 2.05) is 32.0 Å². The van der Waals surface area contributed by atoms with Crippen molar-refractivity contribution in [2.45, 2.75) is 32.9 Å². The quantitative estimate of drug-likeness (QED) is 0.834. The van der Waals surface area contributed by atoms with Gasteiger partial charge in [0.2, 0.25) is 5.91 Å². The van der Waals surface area contributed by atoms with Crippen LogP contribution < -0.4 is 10.6 Å². The molecule has 0 saturated carbocycles. The number of hydrogen-bond donors (Lipinski definition) is 2. The maximum absolute atomic E-state index is 11.6. The summed E-state index contributed by atoms with van der Waals surface area (Å²) in [6.07, 6.45) is 0. The molecule has 0 bridgehead atoms. The Labute approximate surface area is 104 Å². The van der Waals surface area contributed by atoms with E-state index in [9.17, 15) is 4.79 Å². The average molecular weight is 286 g/mol. The van der Waals surface area contributed by atoms with Gasteiger partial charge in [0.05, 0.1) is 0 Å². The molecular weight excluding hydrogens is 270 g/mol. The molecule has 1 rings (SSSR count). The number of hydrogen-bond acceptors (Lipinski definition) is 3. The topological polar surface area (TPSA) is 54.0 Å². The van der Waals surface area contributed by atoms with Gasteiger partial charge < -0.3 is 10.6 Å². The van der Waals surface area contributed by atoms with Gasteiger partial charge in [0.15, 0.2) is 0 Å². The minimum atomic E-state index is -0.302. The van der Waals surface area contributed by atoms with Crippen LogP contribution in [0, 0.1) is 0 Å². The van der Waals surface area contributed by atoms with Crippen LogP contribution >= 0.6 is 15.9 Å². The third-order valence-electron chi connectivity index (χ3n) is 1.90. The number of aromatic nitrogens is 1. The maximum Gasteiger partial charge on any atom is 0.242 e. The molecule has 0 saturated heterocycles. The molecule has 0 fully saturated rings. The predicted octanol–water partition coefficient (Wildman–Crippen LogP) is 2.17. The average Bonchev–Trinajstić information content (AvgIpc) is 2.16. The fraction of sp³-hybridized carbons (Fsp3) is 0.455. The van der Waals surface area contributed by atoms with Crippen LogP contribution in [0.1, 0.15) is 20.8 Å². The highest BCUT2D eigenvalue weighted by molar-refractivity contribution is 9.10. The Hall–Kier alpha value is -1.10. The van der Waals surface area contributed by atoms with E-state index in [4.69, 9.17) is 0 Å². The number of nitrogens with zero attached hydrogens (tertiary/aromatic N) is 1. The van der Waals surface area contributed by atoms with Crippen LogP contribution in [-0.4, -0.2) is 23.0 Å². The summed E-state index contributed by atoms with van der Waals surface area (Å²) in [7, 11) is 0. The summed E-state index contributed by atoms with van der Waals surface area (Å²) in [6.45, 7) is 5.67. The third-order valence-corrected chi connectivity index (χ3v) is 2.35. The molecule has 0 spiro atoms. The summed E-state index contributed by atoms with van der Waals surface area (Å²) in [5.74, 6) is 0.651. The summed E-state index contributed by atoms with van der Waals surface area (Å²) in [5.41, 5.74) is 0. The minimum Gasteiger partial charge on any atom is -0.359 e. The van der Waals surface area contributed by atoms with E-state index < -0.39 is 0 Å². The molecule has 1 amide bonds.